The molecule has 1 aromatic rings. The maximum atomic E-state index is 12.4. The molecule has 2 fully saturated rings. The van der Waals surface area contributed by atoms with Crippen LogP contribution in [0.1, 0.15) is 18.4 Å². The van der Waals surface area contributed by atoms with Crippen molar-refractivity contribution in [1.82, 2.24) is 9.80 Å². The predicted octanol–water partition coefficient (Wildman–Crippen LogP) is 2.38. The van der Waals surface area contributed by atoms with Crippen LogP contribution in [0.5, 0.6) is 0 Å². The van der Waals surface area contributed by atoms with Gasteiger partial charge in [0, 0.05) is 31.7 Å². The molecule has 0 atom stereocenters. The summed E-state index contributed by atoms with van der Waals surface area (Å²) in [5.41, 5.74) is 1.20. The number of nitrogens with zero attached hydrogens (tertiary/aromatic N) is 2. The quantitative estimate of drug-likeness (QED) is 0.837. The minimum absolute atomic E-state index is 0.0192. The van der Waals surface area contributed by atoms with Gasteiger partial charge in [-0.25, -0.2) is 0 Å². The van der Waals surface area contributed by atoms with E-state index in [0.29, 0.717) is 13.1 Å². The minimum atomic E-state index is -4.77. The molecule has 0 aromatic heterocycles. The molecule has 1 heterocycles. The molecule has 0 bridgehead atoms. The molecule has 0 spiro atoms. The highest BCUT2D eigenvalue weighted by molar-refractivity contribution is 5.81. The number of carbonyl (C=O) groups excluding carboxylic acids is 1. The molecule has 0 unspecified atom stereocenters. The van der Waals surface area contributed by atoms with Gasteiger partial charge in [-0.3, -0.25) is 9.69 Å². The molecule has 0 radical (unpaired) electrons. The van der Waals surface area contributed by atoms with E-state index in [0.717, 1.165) is 17.7 Å². The van der Waals surface area contributed by atoms with Gasteiger partial charge in [0.15, 0.2) is 0 Å². The Kier molecular flexibility index (Phi) is 3.43. The van der Waals surface area contributed by atoms with E-state index in [1.165, 1.54) is 5.56 Å². The number of alkyl halides is 3. The molecule has 1 amide bonds. The van der Waals surface area contributed by atoms with Gasteiger partial charge in [0.25, 0.3) is 0 Å². The highest BCUT2D eigenvalue weighted by atomic mass is 19.4. The summed E-state index contributed by atoms with van der Waals surface area (Å²) in [6.45, 7) is 1.29. The first kappa shape index (κ1) is 14.4. The van der Waals surface area contributed by atoms with Crippen molar-refractivity contribution in [1.29, 1.82) is 0 Å². The van der Waals surface area contributed by atoms with Crippen LogP contribution in [0.4, 0.5) is 13.2 Å². The molecule has 1 aliphatic heterocycles. The van der Waals surface area contributed by atoms with Crippen molar-refractivity contribution >= 4 is 5.91 Å². The molecule has 1 saturated heterocycles. The van der Waals surface area contributed by atoms with Gasteiger partial charge < -0.3 is 4.90 Å². The van der Waals surface area contributed by atoms with E-state index in [-0.39, 0.29) is 18.6 Å². The maximum Gasteiger partial charge on any atom is 0.471 e. The Morgan fingerprint density at radius 2 is 1.57 bits per heavy atom. The number of piperazine rings is 1. The monoisotopic (exact) mass is 298 g/mol. The van der Waals surface area contributed by atoms with Crippen LogP contribution in [0.3, 0.4) is 0 Å². The third-order valence-electron chi connectivity index (χ3n) is 4.45. The third-order valence-corrected chi connectivity index (χ3v) is 4.45. The Labute approximate surface area is 121 Å². The lowest BCUT2D eigenvalue weighted by Crippen LogP contribution is -2.54. The van der Waals surface area contributed by atoms with E-state index in [1.807, 2.05) is 18.2 Å². The molecule has 3 rings (SSSR count). The Balaban J connectivity index is 1.66. The summed E-state index contributed by atoms with van der Waals surface area (Å²) < 4.78 is 37.3. The summed E-state index contributed by atoms with van der Waals surface area (Å²) in [6, 6.07) is 10.1. The number of hydrogen-bond donors (Lipinski definition) is 0. The number of rotatable bonds is 2. The van der Waals surface area contributed by atoms with Gasteiger partial charge in [-0.15, -0.1) is 0 Å². The van der Waals surface area contributed by atoms with Gasteiger partial charge in [0.1, 0.15) is 0 Å². The van der Waals surface area contributed by atoms with E-state index >= 15 is 0 Å². The smallest absolute Gasteiger partial charge is 0.332 e. The molecule has 3 nitrogen and oxygen atoms in total. The zero-order valence-corrected chi connectivity index (χ0v) is 11.6. The van der Waals surface area contributed by atoms with E-state index in [1.54, 1.807) is 0 Å². The summed E-state index contributed by atoms with van der Waals surface area (Å²) in [5, 5.41) is 0. The Morgan fingerprint density at radius 3 is 2.05 bits per heavy atom. The molecule has 21 heavy (non-hydrogen) atoms. The average molecular weight is 298 g/mol. The normalized spacial score (nSPS) is 22.1. The van der Waals surface area contributed by atoms with E-state index in [9.17, 15) is 18.0 Å². The van der Waals surface area contributed by atoms with Crippen LogP contribution in [0.25, 0.3) is 0 Å². The molecule has 0 N–H and O–H groups in total. The van der Waals surface area contributed by atoms with Gasteiger partial charge in [0.2, 0.25) is 0 Å². The number of amides is 1. The molecular weight excluding hydrogens is 281 g/mol. The third kappa shape index (κ3) is 2.64. The van der Waals surface area contributed by atoms with Crippen LogP contribution in [0, 0.1) is 0 Å². The van der Waals surface area contributed by atoms with Crippen LogP contribution < -0.4 is 0 Å². The number of benzene rings is 1. The highest BCUT2D eigenvalue weighted by Crippen LogP contribution is 2.51. The highest BCUT2D eigenvalue weighted by Gasteiger charge is 2.51. The van der Waals surface area contributed by atoms with Crippen molar-refractivity contribution in [3.63, 3.8) is 0 Å². The van der Waals surface area contributed by atoms with E-state index in [2.05, 4.69) is 17.0 Å². The summed E-state index contributed by atoms with van der Waals surface area (Å²) in [5.74, 6) is -1.72. The lowest BCUT2D eigenvalue weighted by atomic mass is 10.0. The van der Waals surface area contributed by atoms with Gasteiger partial charge in [-0.1, -0.05) is 30.3 Å². The van der Waals surface area contributed by atoms with Crippen LogP contribution in [-0.4, -0.2) is 48.1 Å². The average Bonchev–Trinajstić information content (AvgIpc) is 3.28. The summed E-state index contributed by atoms with van der Waals surface area (Å²) in [7, 11) is 0. The molecule has 1 aliphatic carbocycles. The second kappa shape index (κ2) is 5.02. The van der Waals surface area contributed by atoms with Crippen LogP contribution in [-0.2, 0) is 10.3 Å². The minimum Gasteiger partial charge on any atom is -0.332 e. The molecule has 2 aliphatic rings. The van der Waals surface area contributed by atoms with Crippen molar-refractivity contribution in [3.05, 3.63) is 35.9 Å². The first-order valence-corrected chi connectivity index (χ1v) is 7.10. The van der Waals surface area contributed by atoms with Crippen LogP contribution in [0.15, 0.2) is 30.3 Å². The maximum absolute atomic E-state index is 12.4. The van der Waals surface area contributed by atoms with Gasteiger partial charge >= 0.3 is 12.1 Å². The first-order valence-electron chi connectivity index (χ1n) is 7.10. The van der Waals surface area contributed by atoms with Crippen molar-refractivity contribution in [2.75, 3.05) is 26.2 Å². The number of carbonyl (C=O) groups is 1. The molecule has 1 aromatic carbocycles. The van der Waals surface area contributed by atoms with Crippen molar-refractivity contribution in [2.24, 2.45) is 0 Å². The Bertz CT molecular complexity index is 517. The fraction of sp³-hybridized carbons (Fsp3) is 0.533. The lowest BCUT2D eigenvalue weighted by Gasteiger charge is -2.40. The van der Waals surface area contributed by atoms with E-state index in [4.69, 9.17) is 0 Å². The van der Waals surface area contributed by atoms with Crippen molar-refractivity contribution < 1.29 is 18.0 Å². The largest absolute Gasteiger partial charge is 0.471 e. The number of halogens is 3. The SMILES string of the molecule is O=C(N1CCN(C2(c3ccccc3)CC2)CC1)C(F)(F)F. The second-order valence-electron chi connectivity index (χ2n) is 5.67. The second-order valence-corrected chi connectivity index (χ2v) is 5.67. The topological polar surface area (TPSA) is 23.6 Å². The Morgan fingerprint density at radius 1 is 1.00 bits per heavy atom. The summed E-state index contributed by atoms with van der Waals surface area (Å²) >= 11 is 0. The van der Waals surface area contributed by atoms with Crippen LogP contribution >= 0.6 is 0 Å². The van der Waals surface area contributed by atoms with Gasteiger partial charge in [-0.2, -0.15) is 13.2 Å². The Hall–Kier alpha value is -1.56. The van der Waals surface area contributed by atoms with Gasteiger partial charge in [-0.05, 0) is 18.4 Å². The fourth-order valence-corrected chi connectivity index (χ4v) is 3.17. The molecule has 1 saturated carbocycles. The number of hydrogen-bond acceptors (Lipinski definition) is 2. The van der Waals surface area contributed by atoms with Crippen molar-refractivity contribution in [2.45, 2.75) is 24.6 Å². The summed E-state index contributed by atoms with van der Waals surface area (Å²) in [4.78, 5) is 14.4. The van der Waals surface area contributed by atoms with Crippen LogP contribution in [0.2, 0.25) is 0 Å². The molecular formula is C15H17F3N2O. The first-order chi connectivity index (χ1) is 9.93. The zero-order chi connectivity index (χ0) is 15.1. The predicted molar refractivity (Wildman–Crippen MR) is 71.6 cm³/mol. The molecule has 114 valence electrons. The van der Waals surface area contributed by atoms with Crippen molar-refractivity contribution in [3.8, 4) is 0 Å². The zero-order valence-electron chi connectivity index (χ0n) is 11.6. The standard InChI is InChI=1S/C15H17F3N2O/c16-15(17,18)13(21)19-8-10-20(11-9-19)14(6-7-14)12-4-2-1-3-5-12/h1-5H,6-11H2. The fourth-order valence-electron chi connectivity index (χ4n) is 3.17. The van der Waals surface area contributed by atoms with Gasteiger partial charge in [0.05, 0.1) is 0 Å². The lowest BCUT2D eigenvalue weighted by molar-refractivity contribution is -0.187. The van der Waals surface area contributed by atoms with E-state index < -0.39 is 12.1 Å². The molecule has 6 heteroatoms. The summed E-state index contributed by atoms with van der Waals surface area (Å²) in [6.07, 6.45) is -2.70.